The van der Waals surface area contributed by atoms with Gasteiger partial charge in [-0.3, -0.25) is 4.79 Å². The fraction of sp³-hybridized carbons (Fsp3) is 0.745. The van der Waals surface area contributed by atoms with E-state index in [1.165, 1.54) is 187 Å². The van der Waals surface area contributed by atoms with E-state index < -0.39 is 5.97 Å². The highest BCUT2D eigenvalue weighted by molar-refractivity contribution is 5.69. The summed E-state index contributed by atoms with van der Waals surface area (Å²) in [7, 11) is 0. The molecule has 2 rings (SSSR count). The molecule has 0 amide bonds. The quantitative estimate of drug-likeness (QED) is 0.0813. The van der Waals surface area contributed by atoms with E-state index in [2.05, 4.69) is 91.8 Å². The predicted octanol–water partition coefficient (Wildman–Crippen LogP) is 16.4. The first-order valence-corrected chi connectivity index (χ1v) is 22.9. The molecule has 2 nitrogen and oxygen atoms in total. The molecule has 0 aliphatic carbocycles. The molecule has 2 heteroatoms. The molecule has 1 N–H and O–H groups in total. The Labute approximate surface area is 330 Å². The lowest BCUT2D eigenvalue weighted by molar-refractivity contribution is -0.137. The maximum absolute atomic E-state index is 12.5. The lowest BCUT2D eigenvalue weighted by atomic mass is 9.78. The highest BCUT2D eigenvalue weighted by Gasteiger charge is 2.25. The number of aliphatic carboxylic acids is 1. The number of hydrogen-bond donors (Lipinski definition) is 1. The zero-order chi connectivity index (χ0) is 39.0. The van der Waals surface area contributed by atoms with Gasteiger partial charge in [0.2, 0.25) is 0 Å². The standard InChI is InChI=1S/C51H86O2/c1-9-11-13-15-17-19-21-23-25-27-29-31-33-42-35-44(39-46(37-42)50(3,4)5)48(41-49(52)53)45-36-43(38-47(40-45)51(6,7)8)34-32-30-28-26-24-22-20-18-16-14-12-10-2/h35-40,48H,9-34,41H2,1-8H3,(H,52,53). The Hall–Kier alpha value is -2.09. The van der Waals surface area contributed by atoms with E-state index in [-0.39, 0.29) is 23.2 Å². The van der Waals surface area contributed by atoms with Crippen LogP contribution in [0.15, 0.2) is 36.4 Å². The molecule has 0 aromatic heterocycles. The summed E-state index contributed by atoms with van der Waals surface area (Å²) < 4.78 is 0. The summed E-state index contributed by atoms with van der Waals surface area (Å²) in [6.07, 6.45) is 34.9. The van der Waals surface area contributed by atoms with Crippen molar-refractivity contribution in [2.75, 3.05) is 0 Å². The van der Waals surface area contributed by atoms with Crippen molar-refractivity contribution >= 4 is 5.97 Å². The first-order chi connectivity index (χ1) is 25.3. The van der Waals surface area contributed by atoms with Crippen LogP contribution in [0, 0.1) is 0 Å². The molecule has 53 heavy (non-hydrogen) atoms. The normalized spacial score (nSPS) is 12.2. The summed E-state index contributed by atoms with van der Waals surface area (Å²) in [4.78, 5) is 12.5. The highest BCUT2D eigenvalue weighted by Crippen LogP contribution is 2.36. The maximum Gasteiger partial charge on any atom is 0.304 e. The minimum Gasteiger partial charge on any atom is -0.481 e. The van der Waals surface area contributed by atoms with Gasteiger partial charge in [-0.25, -0.2) is 0 Å². The summed E-state index contributed by atoms with van der Waals surface area (Å²) in [5, 5.41) is 10.3. The van der Waals surface area contributed by atoms with Crippen LogP contribution in [0.3, 0.4) is 0 Å². The molecule has 2 aromatic rings. The van der Waals surface area contributed by atoms with Gasteiger partial charge in [0.1, 0.15) is 0 Å². The second-order valence-corrected chi connectivity index (χ2v) is 18.9. The largest absolute Gasteiger partial charge is 0.481 e. The van der Waals surface area contributed by atoms with Gasteiger partial charge in [0.15, 0.2) is 0 Å². The highest BCUT2D eigenvalue weighted by atomic mass is 16.4. The van der Waals surface area contributed by atoms with Crippen molar-refractivity contribution < 1.29 is 9.90 Å². The first-order valence-electron chi connectivity index (χ1n) is 22.9. The van der Waals surface area contributed by atoms with Gasteiger partial charge in [-0.1, -0.05) is 233 Å². The number of carboxylic acid groups (broad SMARTS) is 1. The smallest absolute Gasteiger partial charge is 0.304 e. The van der Waals surface area contributed by atoms with Crippen molar-refractivity contribution in [2.45, 2.75) is 245 Å². The van der Waals surface area contributed by atoms with E-state index >= 15 is 0 Å². The number of hydrogen-bond acceptors (Lipinski definition) is 1. The lowest BCUT2D eigenvalue weighted by Gasteiger charge is -2.27. The average molecular weight is 731 g/mol. The average Bonchev–Trinajstić information content (AvgIpc) is 3.10. The molecule has 0 fully saturated rings. The summed E-state index contributed by atoms with van der Waals surface area (Å²) >= 11 is 0. The van der Waals surface area contributed by atoms with E-state index in [0.29, 0.717) is 0 Å². The number of carboxylic acids is 1. The first kappa shape index (κ1) is 47.1. The molecule has 0 saturated heterocycles. The summed E-state index contributed by atoms with van der Waals surface area (Å²) in [6, 6.07) is 14.2. The Kier molecular flexibility index (Phi) is 23.7. The molecule has 0 atom stereocenters. The minimum absolute atomic E-state index is 0.00211. The number of benzene rings is 2. The van der Waals surface area contributed by atoms with Gasteiger partial charge in [-0.15, -0.1) is 0 Å². The van der Waals surface area contributed by atoms with Crippen molar-refractivity contribution in [2.24, 2.45) is 0 Å². The van der Waals surface area contributed by atoms with Crippen LogP contribution >= 0.6 is 0 Å². The summed E-state index contributed by atoms with van der Waals surface area (Å²) in [6.45, 7) is 18.3. The van der Waals surface area contributed by atoms with Crippen LogP contribution in [0.1, 0.15) is 255 Å². The van der Waals surface area contributed by atoms with Crippen molar-refractivity contribution in [1.29, 1.82) is 0 Å². The number of carbonyl (C=O) groups is 1. The van der Waals surface area contributed by atoms with E-state index in [0.717, 1.165) is 12.8 Å². The molecule has 0 spiro atoms. The molecule has 2 aromatic carbocycles. The third-order valence-corrected chi connectivity index (χ3v) is 11.6. The second kappa shape index (κ2) is 26.7. The minimum atomic E-state index is -0.720. The van der Waals surface area contributed by atoms with E-state index in [1.807, 2.05) is 0 Å². The van der Waals surface area contributed by atoms with Gasteiger partial charge < -0.3 is 5.11 Å². The monoisotopic (exact) mass is 731 g/mol. The van der Waals surface area contributed by atoms with Crippen LogP contribution in [0.2, 0.25) is 0 Å². The molecule has 0 unspecified atom stereocenters. The molecule has 0 heterocycles. The van der Waals surface area contributed by atoms with Crippen LogP contribution in [-0.2, 0) is 28.5 Å². The Morgan fingerprint density at radius 2 is 0.736 bits per heavy atom. The van der Waals surface area contributed by atoms with Gasteiger partial charge in [0.05, 0.1) is 6.42 Å². The van der Waals surface area contributed by atoms with Crippen molar-refractivity contribution in [3.63, 3.8) is 0 Å². The van der Waals surface area contributed by atoms with Crippen LogP contribution in [0.5, 0.6) is 0 Å². The predicted molar refractivity (Wildman–Crippen MR) is 234 cm³/mol. The topological polar surface area (TPSA) is 37.3 Å². The maximum atomic E-state index is 12.5. The van der Waals surface area contributed by atoms with Crippen molar-refractivity contribution in [1.82, 2.24) is 0 Å². The second-order valence-electron chi connectivity index (χ2n) is 18.9. The van der Waals surface area contributed by atoms with Gasteiger partial charge in [-0.05, 0) is 69.9 Å². The Morgan fingerprint density at radius 3 is 1.00 bits per heavy atom. The van der Waals surface area contributed by atoms with Gasteiger partial charge in [0, 0.05) is 5.92 Å². The molecule has 0 radical (unpaired) electrons. The third-order valence-electron chi connectivity index (χ3n) is 11.6. The Morgan fingerprint density at radius 1 is 0.453 bits per heavy atom. The molecule has 302 valence electrons. The summed E-state index contributed by atoms with van der Waals surface area (Å²) in [5.41, 5.74) is 7.75. The SMILES string of the molecule is CCCCCCCCCCCCCCc1cc(C(CC(=O)O)c2cc(CCCCCCCCCCCCCC)cc(C(C)(C)C)c2)cc(C(C)(C)C)c1. The van der Waals surface area contributed by atoms with Crippen molar-refractivity contribution in [3.05, 3.63) is 69.8 Å². The Balaban J connectivity index is 2.10. The third kappa shape index (κ3) is 21.0. The van der Waals surface area contributed by atoms with Gasteiger partial charge in [-0.2, -0.15) is 0 Å². The number of unbranched alkanes of at least 4 members (excludes halogenated alkanes) is 22. The van der Waals surface area contributed by atoms with E-state index in [4.69, 9.17) is 0 Å². The van der Waals surface area contributed by atoms with Crippen LogP contribution < -0.4 is 0 Å². The fourth-order valence-corrected chi connectivity index (χ4v) is 7.94. The molecule has 0 aliphatic rings. The lowest BCUT2D eigenvalue weighted by Crippen LogP contribution is -2.16. The van der Waals surface area contributed by atoms with Crippen LogP contribution in [-0.4, -0.2) is 11.1 Å². The fourth-order valence-electron chi connectivity index (χ4n) is 7.94. The molecule has 0 bridgehead atoms. The number of aryl methyl sites for hydroxylation is 2. The van der Waals surface area contributed by atoms with Crippen LogP contribution in [0.25, 0.3) is 0 Å². The zero-order valence-electron chi connectivity index (χ0n) is 36.5. The van der Waals surface area contributed by atoms with Crippen molar-refractivity contribution in [3.8, 4) is 0 Å². The molecule has 0 aliphatic heterocycles. The number of rotatable bonds is 30. The van der Waals surface area contributed by atoms with E-state index in [9.17, 15) is 9.90 Å². The summed E-state index contributed by atoms with van der Waals surface area (Å²) in [5.74, 6) is -0.874. The van der Waals surface area contributed by atoms with Gasteiger partial charge >= 0.3 is 5.97 Å². The molecular weight excluding hydrogens is 645 g/mol. The van der Waals surface area contributed by atoms with E-state index in [1.54, 1.807) is 0 Å². The Bertz CT molecular complexity index is 1150. The molecule has 0 saturated carbocycles. The van der Waals surface area contributed by atoms with Crippen LogP contribution in [0.4, 0.5) is 0 Å². The van der Waals surface area contributed by atoms with Gasteiger partial charge in [0.25, 0.3) is 0 Å². The molecular formula is C51H86O2. The zero-order valence-corrected chi connectivity index (χ0v) is 36.5.